The molecule has 5 nitrogen and oxygen atoms in total. The first-order valence-electron chi connectivity index (χ1n) is 7.57. The number of esters is 1. The summed E-state index contributed by atoms with van der Waals surface area (Å²) in [5.74, 6) is -0.470. The van der Waals surface area contributed by atoms with Crippen molar-refractivity contribution in [1.29, 1.82) is 0 Å². The molecular weight excluding hydrogens is 328 g/mol. The molecule has 0 saturated heterocycles. The lowest BCUT2D eigenvalue weighted by Crippen LogP contribution is -2.29. The molecule has 0 heterocycles. The molecule has 0 atom stereocenters. The van der Waals surface area contributed by atoms with Crippen molar-refractivity contribution in [2.75, 3.05) is 11.9 Å². The number of anilines is 1. The molecule has 126 valence electrons. The predicted molar refractivity (Wildman–Crippen MR) is 94.4 cm³/mol. The molecule has 0 fully saturated rings. The van der Waals surface area contributed by atoms with E-state index in [1.807, 2.05) is 19.1 Å². The van der Waals surface area contributed by atoms with Crippen molar-refractivity contribution in [3.05, 3.63) is 64.2 Å². The van der Waals surface area contributed by atoms with E-state index in [-0.39, 0.29) is 6.61 Å². The second-order valence-corrected chi connectivity index (χ2v) is 5.58. The quantitative estimate of drug-likeness (QED) is 0.799. The smallest absolute Gasteiger partial charge is 0.340 e. The van der Waals surface area contributed by atoms with Crippen LogP contribution in [0.3, 0.4) is 0 Å². The lowest BCUT2D eigenvalue weighted by molar-refractivity contribution is 0.0527. The maximum Gasteiger partial charge on any atom is 0.340 e. The number of carbonyl (C=O) groups excluding carboxylic acids is 2. The molecule has 2 N–H and O–H groups in total. The molecule has 2 aromatic rings. The minimum atomic E-state index is -0.470. The first-order chi connectivity index (χ1) is 11.5. The van der Waals surface area contributed by atoms with Gasteiger partial charge >= 0.3 is 12.0 Å². The SMILES string of the molecule is CCOC(=O)c1ccccc1NC(=O)NCc1ccc(Cl)cc1C. The Morgan fingerprint density at radius 1 is 1.17 bits per heavy atom. The van der Waals surface area contributed by atoms with Crippen LogP contribution in [-0.2, 0) is 11.3 Å². The number of carbonyl (C=O) groups is 2. The predicted octanol–water partition coefficient (Wildman–Crippen LogP) is 4.15. The van der Waals surface area contributed by atoms with E-state index in [2.05, 4.69) is 10.6 Å². The average molecular weight is 347 g/mol. The first kappa shape index (κ1) is 17.8. The van der Waals surface area contributed by atoms with Crippen LogP contribution in [0.4, 0.5) is 10.5 Å². The van der Waals surface area contributed by atoms with Crippen LogP contribution < -0.4 is 10.6 Å². The van der Waals surface area contributed by atoms with E-state index in [9.17, 15) is 9.59 Å². The van der Waals surface area contributed by atoms with Gasteiger partial charge in [0.25, 0.3) is 0 Å². The number of aryl methyl sites for hydroxylation is 1. The standard InChI is InChI=1S/C18H19ClN2O3/c1-3-24-17(22)15-6-4-5-7-16(15)21-18(23)20-11-13-8-9-14(19)10-12(13)2/h4-10H,3,11H2,1-2H3,(H2,20,21,23). The van der Waals surface area contributed by atoms with Crippen LogP contribution >= 0.6 is 11.6 Å². The number of benzene rings is 2. The number of nitrogens with one attached hydrogen (secondary N) is 2. The van der Waals surface area contributed by atoms with Gasteiger partial charge in [-0.2, -0.15) is 0 Å². The van der Waals surface area contributed by atoms with Crippen LogP contribution in [0.5, 0.6) is 0 Å². The highest BCUT2D eigenvalue weighted by molar-refractivity contribution is 6.30. The zero-order chi connectivity index (χ0) is 17.5. The maximum absolute atomic E-state index is 12.1. The van der Waals surface area contributed by atoms with Crippen molar-refractivity contribution in [3.8, 4) is 0 Å². The molecule has 0 aliphatic rings. The molecular formula is C18H19ClN2O3. The molecule has 0 saturated carbocycles. The summed E-state index contributed by atoms with van der Waals surface area (Å²) in [7, 11) is 0. The van der Waals surface area contributed by atoms with Crippen molar-refractivity contribution in [2.24, 2.45) is 0 Å². The second-order valence-electron chi connectivity index (χ2n) is 5.14. The first-order valence-corrected chi connectivity index (χ1v) is 7.95. The zero-order valence-corrected chi connectivity index (χ0v) is 14.3. The van der Waals surface area contributed by atoms with Crippen molar-refractivity contribution < 1.29 is 14.3 Å². The highest BCUT2D eigenvalue weighted by Crippen LogP contribution is 2.17. The molecule has 2 amide bonds. The molecule has 0 bridgehead atoms. The third-order valence-electron chi connectivity index (χ3n) is 3.41. The Morgan fingerprint density at radius 3 is 2.62 bits per heavy atom. The summed E-state index contributed by atoms with van der Waals surface area (Å²) in [5.41, 5.74) is 2.68. The fourth-order valence-electron chi connectivity index (χ4n) is 2.18. The van der Waals surface area contributed by atoms with Gasteiger partial charge in [0.05, 0.1) is 17.9 Å². The topological polar surface area (TPSA) is 67.4 Å². The Bertz CT molecular complexity index is 747. The van der Waals surface area contributed by atoms with E-state index in [0.29, 0.717) is 22.8 Å². The number of hydrogen-bond acceptors (Lipinski definition) is 3. The monoisotopic (exact) mass is 346 g/mol. The summed E-state index contributed by atoms with van der Waals surface area (Å²) >= 11 is 5.92. The van der Waals surface area contributed by atoms with Gasteiger partial charge in [-0.25, -0.2) is 9.59 Å². The molecule has 6 heteroatoms. The summed E-state index contributed by atoms with van der Waals surface area (Å²) in [6.45, 7) is 4.29. The normalized spacial score (nSPS) is 10.1. The number of urea groups is 1. The van der Waals surface area contributed by atoms with Crippen molar-refractivity contribution in [2.45, 2.75) is 20.4 Å². The van der Waals surface area contributed by atoms with Crippen LogP contribution in [0.15, 0.2) is 42.5 Å². The number of ether oxygens (including phenoxy) is 1. The van der Waals surface area contributed by atoms with Crippen LogP contribution in [0, 0.1) is 6.92 Å². The molecule has 0 aliphatic carbocycles. The second kappa shape index (κ2) is 8.36. The molecule has 24 heavy (non-hydrogen) atoms. The average Bonchev–Trinajstić information content (AvgIpc) is 2.54. The number of para-hydroxylation sites is 1. The van der Waals surface area contributed by atoms with Gasteiger partial charge in [-0.05, 0) is 49.2 Å². The van der Waals surface area contributed by atoms with E-state index in [1.54, 1.807) is 37.3 Å². The van der Waals surface area contributed by atoms with Gasteiger partial charge in [0, 0.05) is 11.6 Å². The summed E-state index contributed by atoms with van der Waals surface area (Å²) in [6, 6.07) is 11.8. The molecule has 0 spiro atoms. The molecule has 0 aliphatic heterocycles. The summed E-state index contributed by atoms with van der Waals surface area (Å²) in [5, 5.41) is 6.09. The summed E-state index contributed by atoms with van der Waals surface area (Å²) in [6.07, 6.45) is 0. The zero-order valence-electron chi connectivity index (χ0n) is 13.6. The third-order valence-corrected chi connectivity index (χ3v) is 3.65. The lowest BCUT2D eigenvalue weighted by Gasteiger charge is -2.12. The highest BCUT2D eigenvalue weighted by Gasteiger charge is 2.13. The molecule has 0 unspecified atom stereocenters. The fourth-order valence-corrected chi connectivity index (χ4v) is 2.41. The van der Waals surface area contributed by atoms with E-state index in [4.69, 9.17) is 16.3 Å². The number of amides is 2. The Hall–Kier alpha value is -2.53. The Balaban J connectivity index is 2.01. The van der Waals surface area contributed by atoms with Gasteiger partial charge < -0.3 is 15.4 Å². The minimum Gasteiger partial charge on any atom is -0.462 e. The van der Waals surface area contributed by atoms with Gasteiger partial charge in [0.2, 0.25) is 0 Å². The maximum atomic E-state index is 12.1. The molecule has 2 aromatic carbocycles. The van der Waals surface area contributed by atoms with E-state index >= 15 is 0 Å². The van der Waals surface area contributed by atoms with Crippen LogP contribution in [-0.4, -0.2) is 18.6 Å². The molecule has 2 rings (SSSR count). The van der Waals surface area contributed by atoms with E-state index < -0.39 is 12.0 Å². The summed E-state index contributed by atoms with van der Waals surface area (Å²) < 4.78 is 4.98. The van der Waals surface area contributed by atoms with Crippen LogP contribution in [0.25, 0.3) is 0 Å². The van der Waals surface area contributed by atoms with Gasteiger partial charge in [0.15, 0.2) is 0 Å². The van der Waals surface area contributed by atoms with Crippen LogP contribution in [0.2, 0.25) is 5.02 Å². The molecule has 0 radical (unpaired) electrons. The lowest BCUT2D eigenvalue weighted by atomic mass is 10.1. The van der Waals surface area contributed by atoms with E-state index in [0.717, 1.165) is 11.1 Å². The highest BCUT2D eigenvalue weighted by atomic mass is 35.5. The number of hydrogen-bond donors (Lipinski definition) is 2. The fraction of sp³-hybridized carbons (Fsp3) is 0.222. The van der Waals surface area contributed by atoms with Gasteiger partial charge in [-0.1, -0.05) is 29.8 Å². The largest absolute Gasteiger partial charge is 0.462 e. The van der Waals surface area contributed by atoms with Gasteiger partial charge in [0.1, 0.15) is 0 Å². The van der Waals surface area contributed by atoms with Gasteiger partial charge in [-0.3, -0.25) is 0 Å². The number of halogens is 1. The third kappa shape index (κ3) is 4.73. The van der Waals surface area contributed by atoms with E-state index in [1.165, 1.54) is 0 Å². The molecule has 0 aromatic heterocycles. The summed E-state index contributed by atoms with van der Waals surface area (Å²) in [4.78, 5) is 24.0. The Morgan fingerprint density at radius 2 is 1.92 bits per heavy atom. The van der Waals surface area contributed by atoms with Crippen molar-refractivity contribution >= 4 is 29.3 Å². The van der Waals surface area contributed by atoms with Gasteiger partial charge in [-0.15, -0.1) is 0 Å². The Kier molecular flexibility index (Phi) is 6.21. The van der Waals surface area contributed by atoms with Crippen molar-refractivity contribution in [3.63, 3.8) is 0 Å². The minimum absolute atomic E-state index is 0.273. The number of rotatable bonds is 5. The Labute approximate surface area is 146 Å². The van der Waals surface area contributed by atoms with Crippen molar-refractivity contribution in [1.82, 2.24) is 5.32 Å². The van der Waals surface area contributed by atoms with Crippen LogP contribution in [0.1, 0.15) is 28.4 Å².